The van der Waals surface area contributed by atoms with E-state index < -0.39 is 0 Å². The van der Waals surface area contributed by atoms with E-state index in [0.29, 0.717) is 6.04 Å². The van der Waals surface area contributed by atoms with E-state index in [-0.39, 0.29) is 0 Å². The highest BCUT2D eigenvalue weighted by molar-refractivity contribution is 5.32. The van der Waals surface area contributed by atoms with Crippen molar-refractivity contribution < 1.29 is 0 Å². The van der Waals surface area contributed by atoms with Crippen LogP contribution in [0.1, 0.15) is 49.3 Å². The standard InChI is InChI=1S/C20H28N2/c1-2-4-18-15(3-1)5-6-21-19(18)12-22-20-16-8-13-7-14(10-16)11-17(20)9-13/h1-4,13-14,16-17,19-22H,5-12H2. The van der Waals surface area contributed by atoms with Crippen LogP contribution in [-0.4, -0.2) is 19.1 Å². The van der Waals surface area contributed by atoms with Crippen LogP contribution in [0.2, 0.25) is 0 Å². The van der Waals surface area contributed by atoms with E-state index in [1.165, 1.54) is 37.7 Å². The Morgan fingerprint density at radius 2 is 1.68 bits per heavy atom. The molecule has 4 saturated carbocycles. The van der Waals surface area contributed by atoms with Gasteiger partial charge < -0.3 is 10.6 Å². The quantitative estimate of drug-likeness (QED) is 0.894. The second-order valence-corrected chi connectivity index (χ2v) is 8.32. The molecule has 2 N–H and O–H groups in total. The predicted octanol–water partition coefficient (Wildman–Crippen LogP) is 3.29. The van der Waals surface area contributed by atoms with Crippen LogP contribution in [0.4, 0.5) is 0 Å². The summed E-state index contributed by atoms with van der Waals surface area (Å²) in [5.74, 6) is 4.12. The summed E-state index contributed by atoms with van der Waals surface area (Å²) in [6.45, 7) is 2.25. The number of hydrogen-bond acceptors (Lipinski definition) is 2. The summed E-state index contributed by atoms with van der Waals surface area (Å²) in [4.78, 5) is 0. The van der Waals surface area contributed by atoms with Crippen LogP contribution >= 0.6 is 0 Å². The average molecular weight is 296 g/mol. The molecule has 1 aliphatic heterocycles. The summed E-state index contributed by atoms with van der Waals surface area (Å²) in [5, 5.41) is 7.75. The van der Waals surface area contributed by atoms with Crippen molar-refractivity contribution in [3.8, 4) is 0 Å². The molecule has 22 heavy (non-hydrogen) atoms. The summed E-state index contributed by atoms with van der Waals surface area (Å²) in [6, 6.07) is 10.3. The Bertz CT molecular complexity index is 524. The first kappa shape index (κ1) is 13.6. The molecule has 1 aromatic carbocycles. The van der Waals surface area contributed by atoms with Gasteiger partial charge in [0.05, 0.1) is 0 Å². The van der Waals surface area contributed by atoms with Gasteiger partial charge in [-0.25, -0.2) is 0 Å². The second-order valence-electron chi connectivity index (χ2n) is 8.32. The van der Waals surface area contributed by atoms with E-state index in [1.807, 2.05) is 0 Å². The zero-order valence-corrected chi connectivity index (χ0v) is 13.4. The van der Waals surface area contributed by atoms with Crippen LogP contribution in [0.5, 0.6) is 0 Å². The van der Waals surface area contributed by atoms with Crippen LogP contribution in [-0.2, 0) is 6.42 Å². The Labute approximate surface area is 134 Å². The number of nitrogens with one attached hydrogen (secondary N) is 2. The molecule has 5 aliphatic rings. The van der Waals surface area contributed by atoms with Crippen LogP contribution in [0.3, 0.4) is 0 Å². The molecule has 1 aromatic rings. The van der Waals surface area contributed by atoms with Gasteiger partial charge in [0, 0.05) is 18.6 Å². The van der Waals surface area contributed by atoms with Crippen molar-refractivity contribution in [3.63, 3.8) is 0 Å². The molecule has 2 heteroatoms. The smallest absolute Gasteiger partial charge is 0.0449 e. The van der Waals surface area contributed by atoms with Crippen molar-refractivity contribution >= 4 is 0 Å². The minimum Gasteiger partial charge on any atom is -0.312 e. The summed E-state index contributed by atoms with van der Waals surface area (Å²) in [7, 11) is 0. The molecule has 0 spiro atoms. The monoisotopic (exact) mass is 296 g/mol. The average Bonchev–Trinajstić information content (AvgIpc) is 2.54. The first-order valence-electron chi connectivity index (χ1n) is 9.41. The van der Waals surface area contributed by atoms with Gasteiger partial charge in [0.25, 0.3) is 0 Å². The zero-order valence-electron chi connectivity index (χ0n) is 13.4. The highest BCUT2D eigenvalue weighted by Gasteiger charge is 2.48. The molecular formula is C20H28N2. The van der Waals surface area contributed by atoms with E-state index in [0.717, 1.165) is 42.8 Å². The maximum Gasteiger partial charge on any atom is 0.0449 e. The van der Waals surface area contributed by atoms with E-state index >= 15 is 0 Å². The Hall–Kier alpha value is -0.860. The van der Waals surface area contributed by atoms with Crippen molar-refractivity contribution in [3.05, 3.63) is 35.4 Å². The third-order valence-corrected chi connectivity index (χ3v) is 7.00. The molecule has 6 rings (SSSR count). The molecule has 2 nitrogen and oxygen atoms in total. The largest absolute Gasteiger partial charge is 0.312 e. The number of rotatable bonds is 3. The predicted molar refractivity (Wildman–Crippen MR) is 89.7 cm³/mol. The lowest BCUT2D eigenvalue weighted by Crippen LogP contribution is -2.55. The van der Waals surface area contributed by atoms with Gasteiger partial charge in [0.2, 0.25) is 0 Å². The molecule has 1 atom stereocenters. The van der Waals surface area contributed by atoms with Crippen LogP contribution in [0.15, 0.2) is 24.3 Å². The normalized spacial score (nSPS) is 42.4. The van der Waals surface area contributed by atoms with Crippen molar-refractivity contribution in [1.82, 2.24) is 10.6 Å². The fourth-order valence-electron chi connectivity index (χ4n) is 6.29. The van der Waals surface area contributed by atoms with Crippen molar-refractivity contribution in [2.24, 2.45) is 23.7 Å². The molecule has 4 fully saturated rings. The van der Waals surface area contributed by atoms with Gasteiger partial charge in [0.1, 0.15) is 0 Å². The molecule has 118 valence electrons. The summed E-state index contributed by atoms with van der Waals surface area (Å²) >= 11 is 0. The third kappa shape index (κ3) is 2.23. The molecular weight excluding hydrogens is 268 g/mol. The van der Waals surface area contributed by atoms with Crippen LogP contribution < -0.4 is 10.6 Å². The maximum atomic E-state index is 4.01. The molecule has 0 aromatic heterocycles. The van der Waals surface area contributed by atoms with Gasteiger partial charge in [0.15, 0.2) is 0 Å². The Balaban J connectivity index is 1.28. The first-order chi connectivity index (χ1) is 10.9. The van der Waals surface area contributed by atoms with Gasteiger partial charge >= 0.3 is 0 Å². The van der Waals surface area contributed by atoms with E-state index in [1.54, 1.807) is 12.0 Å². The second kappa shape index (κ2) is 5.35. The van der Waals surface area contributed by atoms with Crippen molar-refractivity contribution in [2.45, 2.75) is 50.6 Å². The first-order valence-corrected chi connectivity index (χ1v) is 9.41. The van der Waals surface area contributed by atoms with E-state index in [4.69, 9.17) is 0 Å². The fraction of sp³-hybridized carbons (Fsp3) is 0.700. The van der Waals surface area contributed by atoms with E-state index in [9.17, 15) is 0 Å². The summed E-state index contributed by atoms with van der Waals surface area (Å²) < 4.78 is 0. The lowest BCUT2D eigenvalue weighted by Gasteiger charge is -2.55. The van der Waals surface area contributed by atoms with Gasteiger partial charge in [-0.05, 0) is 79.9 Å². The SMILES string of the molecule is c1ccc2c(c1)CCNC2CNC1C2CC3CC(C2)CC1C3. The number of benzene rings is 1. The van der Waals surface area contributed by atoms with Gasteiger partial charge in [-0.2, -0.15) is 0 Å². The minimum absolute atomic E-state index is 0.516. The Morgan fingerprint density at radius 3 is 2.45 bits per heavy atom. The molecule has 4 aliphatic carbocycles. The third-order valence-electron chi connectivity index (χ3n) is 7.00. The highest BCUT2D eigenvalue weighted by Crippen LogP contribution is 2.53. The molecule has 0 amide bonds. The minimum atomic E-state index is 0.516. The molecule has 1 heterocycles. The van der Waals surface area contributed by atoms with Gasteiger partial charge in [-0.15, -0.1) is 0 Å². The molecule has 0 radical (unpaired) electrons. The van der Waals surface area contributed by atoms with E-state index in [2.05, 4.69) is 34.9 Å². The molecule has 1 unspecified atom stereocenters. The van der Waals surface area contributed by atoms with Gasteiger partial charge in [-0.3, -0.25) is 0 Å². The summed E-state index contributed by atoms with van der Waals surface area (Å²) in [5.41, 5.74) is 3.09. The highest BCUT2D eigenvalue weighted by atomic mass is 15.0. The number of fused-ring (bicyclic) bond motifs is 1. The Kier molecular flexibility index (Phi) is 3.30. The molecule has 0 saturated heterocycles. The van der Waals surface area contributed by atoms with Crippen molar-refractivity contribution in [2.75, 3.05) is 13.1 Å². The van der Waals surface area contributed by atoms with Crippen LogP contribution in [0.25, 0.3) is 0 Å². The summed E-state index contributed by atoms with van der Waals surface area (Å²) in [6.07, 6.45) is 8.79. The molecule has 4 bridgehead atoms. The fourth-order valence-corrected chi connectivity index (χ4v) is 6.29. The number of hydrogen-bond donors (Lipinski definition) is 2. The maximum absolute atomic E-state index is 4.01. The Morgan fingerprint density at radius 1 is 0.955 bits per heavy atom. The van der Waals surface area contributed by atoms with Crippen LogP contribution in [0, 0.1) is 23.7 Å². The topological polar surface area (TPSA) is 24.1 Å². The zero-order chi connectivity index (χ0) is 14.5. The lowest BCUT2D eigenvalue weighted by atomic mass is 9.54. The van der Waals surface area contributed by atoms with Gasteiger partial charge in [-0.1, -0.05) is 24.3 Å². The lowest BCUT2D eigenvalue weighted by molar-refractivity contribution is -0.0143. The van der Waals surface area contributed by atoms with Crippen molar-refractivity contribution in [1.29, 1.82) is 0 Å².